The molecule has 134 valence electrons. The van der Waals surface area contributed by atoms with Crippen molar-refractivity contribution in [1.82, 2.24) is 20.2 Å². The Balaban J connectivity index is 1.56. The van der Waals surface area contributed by atoms with Crippen LogP contribution in [-0.2, 0) is 11.8 Å². The highest BCUT2D eigenvalue weighted by atomic mass is 35.5. The van der Waals surface area contributed by atoms with Crippen LogP contribution in [0.4, 0.5) is 8.78 Å². The molecule has 3 aromatic rings. The van der Waals surface area contributed by atoms with Gasteiger partial charge in [-0.25, -0.2) is 9.97 Å². The molecule has 1 aliphatic rings. The summed E-state index contributed by atoms with van der Waals surface area (Å²) in [6.07, 6.45) is 4.11. The van der Waals surface area contributed by atoms with Gasteiger partial charge >= 0.3 is 6.43 Å². The number of alkyl halides is 2. The highest BCUT2D eigenvalue weighted by molar-refractivity contribution is 6.31. The van der Waals surface area contributed by atoms with Crippen LogP contribution in [0.15, 0.2) is 41.1 Å². The van der Waals surface area contributed by atoms with E-state index in [2.05, 4.69) is 26.2 Å². The standard InChI is InChI=1S/C18H15ClF2N4O/c19-13-5-2-1-4-12(13)18(6-3-7-18)8-14-22-9-11(10-23-14)16-24-25-17(26-16)15(20)21/h1-2,4-5,9-10,15H,3,6-8H2. The third-order valence-electron chi connectivity index (χ3n) is 4.83. The highest BCUT2D eigenvalue weighted by Gasteiger charge is 2.40. The second kappa shape index (κ2) is 6.72. The minimum Gasteiger partial charge on any atom is -0.415 e. The van der Waals surface area contributed by atoms with E-state index < -0.39 is 12.3 Å². The molecule has 4 rings (SSSR count). The van der Waals surface area contributed by atoms with Crippen molar-refractivity contribution in [1.29, 1.82) is 0 Å². The van der Waals surface area contributed by atoms with Crippen LogP contribution in [0, 0.1) is 0 Å². The molecule has 1 aliphatic carbocycles. The first kappa shape index (κ1) is 17.0. The van der Waals surface area contributed by atoms with Gasteiger partial charge in [0.2, 0.25) is 0 Å². The van der Waals surface area contributed by atoms with E-state index in [1.54, 1.807) is 0 Å². The lowest BCUT2D eigenvalue weighted by Crippen LogP contribution is -2.37. The van der Waals surface area contributed by atoms with E-state index in [1.807, 2.05) is 18.2 Å². The van der Waals surface area contributed by atoms with Crippen molar-refractivity contribution in [2.75, 3.05) is 0 Å². The largest absolute Gasteiger partial charge is 0.415 e. The van der Waals surface area contributed by atoms with Crippen LogP contribution in [0.1, 0.15) is 43.0 Å². The topological polar surface area (TPSA) is 64.7 Å². The van der Waals surface area contributed by atoms with Gasteiger partial charge in [-0.05, 0) is 24.5 Å². The maximum Gasteiger partial charge on any atom is 0.314 e. The molecule has 2 heterocycles. The lowest BCUT2D eigenvalue weighted by atomic mass is 9.62. The van der Waals surface area contributed by atoms with Gasteiger partial charge in [-0.15, -0.1) is 10.2 Å². The maximum absolute atomic E-state index is 12.5. The molecule has 0 atom stereocenters. The number of rotatable bonds is 5. The third-order valence-corrected chi connectivity index (χ3v) is 5.16. The van der Waals surface area contributed by atoms with Gasteiger partial charge in [-0.3, -0.25) is 0 Å². The quantitative estimate of drug-likeness (QED) is 0.641. The monoisotopic (exact) mass is 376 g/mol. The predicted molar refractivity (Wildman–Crippen MR) is 91.0 cm³/mol. The lowest BCUT2D eigenvalue weighted by Gasteiger charge is -2.42. The van der Waals surface area contributed by atoms with Crippen molar-refractivity contribution in [3.05, 3.63) is 59.0 Å². The first-order valence-electron chi connectivity index (χ1n) is 8.25. The van der Waals surface area contributed by atoms with Crippen molar-refractivity contribution < 1.29 is 13.2 Å². The Morgan fingerprint density at radius 1 is 1.12 bits per heavy atom. The van der Waals surface area contributed by atoms with Gasteiger partial charge in [-0.2, -0.15) is 8.78 Å². The minimum absolute atomic E-state index is 0.0173. The summed E-state index contributed by atoms with van der Waals surface area (Å²) in [7, 11) is 0. The molecule has 0 saturated heterocycles. The van der Waals surface area contributed by atoms with Crippen molar-refractivity contribution in [2.24, 2.45) is 0 Å². The molecule has 1 aromatic carbocycles. The summed E-state index contributed by atoms with van der Waals surface area (Å²) in [5, 5.41) is 7.67. The Morgan fingerprint density at radius 2 is 1.85 bits per heavy atom. The fourth-order valence-electron chi connectivity index (χ4n) is 3.33. The molecule has 0 N–H and O–H groups in total. The zero-order valence-electron chi connectivity index (χ0n) is 13.7. The molecule has 0 bridgehead atoms. The summed E-state index contributed by atoms with van der Waals surface area (Å²) >= 11 is 6.39. The molecular formula is C18H15ClF2N4O. The van der Waals surface area contributed by atoms with Crippen LogP contribution in [0.2, 0.25) is 5.02 Å². The van der Waals surface area contributed by atoms with Crippen LogP contribution in [-0.4, -0.2) is 20.2 Å². The average Bonchev–Trinajstić information content (AvgIpc) is 3.10. The normalized spacial score (nSPS) is 15.8. The molecule has 5 nitrogen and oxygen atoms in total. The Hall–Kier alpha value is -2.41. The number of aromatic nitrogens is 4. The van der Waals surface area contributed by atoms with E-state index >= 15 is 0 Å². The average molecular weight is 377 g/mol. The summed E-state index contributed by atoms with van der Waals surface area (Å²) in [5.74, 6) is -0.0607. The maximum atomic E-state index is 12.5. The van der Waals surface area contributed by atoms with Gasteiger partial charge < -0.3 is 4.42 Å². The molecule has 8 heteroatoms. The van der Waals surface area contributed by atoms with Crippen LogP contribution in [0.25, 0.3) is 11.5 Å². The number of benzene rings is 1. The number of hydrogen-bond donors (Lipinski definition) is 0. The summed E-state index contributed by atoms with van der Waals surface area (Å²) in [4.78, 5) is 8.72. The van der Waals surface area contributed by atoms with Crippen LogP contribution in [0.5, 0.6) is 0 Å². The Bertz CT molecular complexity index is 910. The van der Waals surface area contributed by atoms with E-state index in [9.17, 15) is 8.78 Å². The Kier molecular flexibility index (Phi) is 4.40. The van der Waals surface area contributed by atoms with E-state index in [-0.39, 0.29) is 11.3 Å². The molecule has 26 heavy (non-hydrogen) atoms. The zero-order valence-corrected chi connectivity index (χ0v) is 14.5. The van der Waals surface area contributed by atoms with E-state index in [4.69, 9.17) is 16.0 Å². The molecule has 1 saturated carbocycles. The molecule has 0 spiro atoms. The van der Waals surface area contributed by atoms with Crippen molar-refractivity contribution >= 4 is 11.6 Å². The van der Waals surface area contributed by atoms with Gasteiger partial charge in [-0.1, -0.05) is 36.2 Å². The predicted octanol–water partition coefficient (Wildman–Crippen LogP) is 4.78. The SMILES string of the molecule is FC(F)c1nnc(-c2cnc(CC3(c4ccccc4Cl)CCC3)nc2)o1. The van der Waals surface area contributed by atoms with E-state index in [1.165, 1.54) is 12.4 Å². The van der Waals surface area contributed by atoms with Crippen molar-refractivity contribution in [3.63, 3.8) is 0 Å². The lowest BCUT2D eigenvalue weighted by molar-refractivity contribution is 0.116. The van der Waals surface area contributed by atoms with Crippen LogP contribution in [0.3, 0.4) is 0 Å². The molecule has 0 unspecified atom stereocenters. The van der Waals surface area contributed by atoms with Gasteiger partial charge in [0.25, 0.3) is 11.8 Å². The summed E-state index contributed by atoms with van der Waals surface area (Å²) in [6.45, 7) is 0. The second-order valence-electron chi connectivity index (χ2n) is 6.42. The molecule has 0 aliphatic heterocycles. The fourth-order valence-corrected chi connectivity index (χ4v) is 3.67. The van der Waals surface area contributed by atoms with E-state index in [0.717, 1.165) is 29.8 Å². The number of hydrogen-bond acceptors (Lipinski definition) is 5. The zero-order chi connectivity index (χ0) is 18.1. The highest BCUT2D eigenvalue weighted by Crippen LogP contribution is 2.48. The second-order valence-corrected chi connectivity index (χ2v) is 6.83. The fraction of sp³-hybridized carbons (Fsp3) is 0.333. The minimum atomic E-state index is -2.80. The van der Waals surface area contributed by atoms with Gasteiger partial charge in [0.05, 0.1) is 5.56 Å². The van der Waals surface area contributed by atoms with Crippen LogP contribution < -0.4 is 0 Å². The van der Waals surface area contributed by atoms with Crippen molar-refractivity contribution in [3.8, 4) is 11.5 Å². The summed E-state index contributed by atoms with van der Waals surface area (Å²) in [5.41, 5.74) is 1.49. The number of halogens is 3. The molecule has 0 amide bonds. The molecular weight excluding hydrogens is 362 g/mol. The molecule has 0 radical (unpaired) electrons. The first-order valence-corrected chi connectivity index (χ1v) is 8.63. The van der Waals surface area contributed by atoms with Crippen molar-refractivity contribution in [2.45, 2.75) is 37.5 Å². The number of nitrogens with zero attached hydrogens (tertiary/aromatic N) is 4. The summed E-state index contributed by atoms with van der Waals surface area (Å²) in [6, 6.07) is 7.86. The van der Waals surface area contributed by atoms with E-state index in [0.29, 0.717) is 17.8 Å². The smallest absolute Gasteiger partial charge is 0.314 e. The Morgan fingerprint density at radius 3 is 2.42 bits per heavy atom. The molecule has 2 aromatic heterocycles. The van der Waals surface area contributed by atoms with Gasteiger partial charge in [0.15, 0.2) is 0 Å². The Labute approximate surface area is 153 Å². The molecule has 1 fully saturated rings. The first-order chi connectivity index (χ1) is 12.6. The third kappa shape index (κ3) is 3.07. The van der Waals surface area contributed by atoms with Gasteiger partial charge in [0, 0.05) is 29.3 Å². The van der Waals surface area contributed by atoms with Crippen LogP contribution >= 0.6 is 11.6 Å². The summed E-state index contributed by atoms with van der Waals surface area (Å²) < 4.78 is 30.0. The van der Waals surface area contributed by atoms with Gasteiger partial charge in [0.1, 0.15) is 5.82 Å².